The summed E-state index contributed by atoms with van der Waals surface area (Å²) < 4.78 is 0. The van der Waals surface area contributed by atoms with Crippen molar-refractivity contribution >= 4 is 0 Å². The molecule has 3 heteroatoms. The van der Waals surface area contributed by atoms with Crippen LogP contribution in [-0.4, -0.2) is 43.7 Å². The number of rotatable bonds is 4. The molecule has 2 saturated heterocycles. The van der Waals surface area contributed by atoms with Gasteiger partial charge in [0.15, 0.2) is 0 Å². The summed E-state index contributed by atoms with van der Waals surface area (Å²) in [5.74, 6) is 0.464. The standard InChI is InChI=1S/C12H23N2O/c15-10-11-3-7-14(8-4-11)9-5-12-2-1-6-13-12/h11-13H,1-10H2. The topological polar surface area (TPSA) is 35.2 Å². The molecular formula is C12H23N2O. The second-order valence-electron chi connectivity index (χ2n) is 5.03. The van der Waals surface area contributed by atoms with E-state index in [1.165, 1.54) is 32.4 Å². The third kappa shape index (κ3) is 3.44. The van der Waals surface area contributed by atoms with Crippen molar-refractivity contribution in [3.63, 3.8) is 0 Å². The molecule has 0 spiro atoms. The molecule has 1 unspecified atom stereocenters. The van der Waals surface area contributed by atoms with Crippen molar-refractivity contribution in [2.24, 2.45) is 5.92 Å². The van der Waals surface area contributed by atoms with Crippen molar-refractivity contribution in [3.05, 3.63) is 0 Å². The Bertz CT molecular complexity index is 172. The minimum atomic E-state index is 0.137. The first-order chi connectivity index (χ1) is 7.38. The Hall–Kier alpha value is -0.120. The molecule has 2 heterocycles. The molecule has 15 heavy (non-hydrogen) atoms. The number of nitrogens with zero attached hydrogens (tertiary/aromatic N) is 1. The van der Waals surface area contributed by atoms with Crippen LogP contribution in [0.2, 0.25) is 0 Å². The van der Waals surface area contributed by atoms with Crippen LogP contribution >= 0.6 is 0 Å². The number of piperidine rings is 1. The van der Waals surface area contributed by atoms with Gasteiger partial charge in [-0.1, -0.05) is 0 Å². The highest BCUT2D eigenvalue weighted by Gasteiger charge is 2.20. The van der Waals surface area contributed by atoms with E-state index in [1.54, 1.807) is 0 Å². The lowest BCUT2D eigenvalue weighted by Gasteiger charge is -2.31. The van der Waals surface area contributed by atoms with E-state index >= 15 is 0 Å². The van der Waals surface area contributed by atoms with Gasteiger partial charge in [0.25, 0.3) is 0 Å². The van der Waals surface area contributed by atoms with Crippen LogP contribution in [0, 0.1) is 5.92 Å². The molecular weight excluding hydrogens is 188 g/mol. The Kier molecular flexibility index (Phi) is 4.42. The summed E-state index contributed by atoms with van der Waals surface area (Å²) in [6.07, 6.45) is 6.26. The molecule has 0 aromatic rings. The van der Waals surface area contributed by atoms with Crippen LogP contribution < -0.4 is 5.32 Å². The number of hydrogen-bond donors (Lipinski definition) is 1. The fourth-order valence-electron chi connectivity index (χ4n) is 2.72. The van der Waals surface area contributed by atoms with Gasteiger partial charge in [0.05, 0.1) is 6.61 Å². The molecule has 3 nitrogen and oxygen atoms in total. The maximum absolute atomic E-state index is 10.7. The molecule has 0 aromatic heterocycles. The van der Waals surface area contributed by atoms with Crippen LogP contribution in [0.4, 0.5) is 0 Å². The Balaban J connectivity index is 1.59. The fourth-order valence-corrected chi connectivity index (χ4v) is 2.72. The lowest BCUT2D eigenvalue weighted by atomic mass is 9.97. The highest BCUT2D eigenvalue weighted by atomic mass is 16.3. The predicted molar refractivity (Wildman–Crippen MR) is 60.4 cm³/mol. The van der Waals surface area contributed by atoms with Crippen molar-refractivity contribution in [2.75, 3.05) is 32.8 Å². The van der Waals surface area contributed by atoms with Gasteiger partial charge in [-0.25, -0.2) is 5.11 Å². The van der Waals surface area contributed by atoms with E-state index in [4.69, 9.17) is 0 Å². The van der Waals surface area contributed by atoms with E-state index in [2.05, 4.69) is 10.2 Å². The summed E-state index contributed by atoms with van der Waals surface area (Å²) in [5, 5.41) is 14.3. The molecule has 2 fully saturated rings. The fraction of sp³-hybridized carbons (Fsp3) is 1.00. The van der Waals surface area contributed by atoms with Crippen LogP contribution in [0.25, 0.3) is 0 Å². The summed E-state index contributed by atoms with van der Waals surface area (Å²) in [4.78, 5) is 2.53. The van der Waals surface area contributed by atoms with Crippen LogP contribution in [0.1, 0.15) is 32.1 Å². The van der Waals surface area contributed by atoms with Gasteiger partial charge in [-0.3, -0.25) is 0 Å². The first-order valence-corrected chi connectivity index (χ1v) is 6.42. The monoisotopic (exact) mass is 211 g/mol. The highest BCUT2D eigenvalue weighted by molar-refractivity contribution is 4.77. The Morgan fingerprint density at radius 3 is 2.60 bits per heavy atom. The summed E-state index contributed by atoms with van der Waals surface area (Å²) in [5.41, 5.74) is 0. The number of hydrogen-bond acceptors (Lipinski definition) is 2. The second-order valence-corrected chi connectivity index (χ2v) is 5.03. The average Bonchev–Trinajstić information content (AvgIpc) is 2.80. The maximum Gasteiger partial charge on any atom is 0.0851 e. The Morgan fingerprint density at radius 1 is 1.20 bits per heavy atom. The molecule has 0 aliphatic carbocycles. The number of nitrogens with one attached hydrogen (secondary N) is 1. The molecule has 0 aromatic carbocycles. The Morgan fingerprint density at radius 2 is 2.00 bits per heavy atom. The number of likely N-dealkylation sites (tertiary alicyclic amines) is 1. The van der Waals surface area contributed by atoms with Crippen molar-refractivity contribution in [1.82, 2.24) is 10.2 Å². The smallest absolute Gasteiger partial charge is 0.0851 e. The molecule has 0 bridgehead atoms. The third-order valence-corrected chi connectivity index (χ3v) is 3.90. The predicted octanol–water partition coefficient (Wildman–Crippen LogP) is 1.27. The zero-order valence-corrected chi connectivity index (χ0v) is 9.58. The second kappa shape index (κ2) is 5.83. The molecule has 2 aliphatic rings. The van der Waals surface area contributed by atoms with Gasteiger partial charge in [-0.15, -0.1) is 0 Å². The van der Waals surface area contributed by atoms with Gasteiger partial charge in [0.2, 0.25) is 0 Å². The molecule has 1 N–H and O–H groups in total. The summed E-state index contributed by atoms with van der Waals surface area (Å²) >= 11 is 0. The molecule has 87 valence electrons. The lowest BCUT2D eigenvalue weighted by molar-refractivity contribution is 0.0901. The SMILES string of the molecule is [O]CC1CCN(CCC2CCCN2)CC1. The van der Waals surface area contributed by atoms with Crippen molar-refractivity contribution in [2.45, 2.75) is 38.1 Å². The van der Waals surface area contributed by atoms with Gasteiger partial charge in [-0.2, -0.15) is 0 Å². The minimum absolute atomic E-state index is 0.137. The van der Waals surface area contributed by atoms with E-state index in [0.29, 0.717) is 5.92 Å². The van der Waals surface area contributed by atoms with E-state index in [-0.39, 0.29) is 6.61 Å². The first kappa shape index (κ1) is 11.4. The largest absolute Gasteiger partial charge is 0.314 e. The van der Waals surface area contributed by atoms with Crippen LogP contribution in [0.5, 0.6) is 0 Å². The van der Waals surface area contributed by atoms with E-state index in [1.807, 2.05) is 0 Å². The quantitative estimate of drug-likeness (QED) is 0.760. The summed E-state index contributed by atoms with van der Waals surface area (Å²) in [6, 6.07) is 0.766. The zero-order valence-electron chi connectivity index (χ0n) is 9.58. The third-order valence-electron chi connectivity index (χ3n) is 3.90. The average molecular weight is 211 g/mol. The van der Waals surface area contributed by atoms with Gasteiger partial charge in [0, 0.05) is 6.04 Å². The summed E-state index contributed by atoms with van der Waals surface area (Å²) in [6.45, 7) is 4.88. The van der Waals surface area contributed by atoms with Gasteiger partial charge in [0.1, 0.15) is 0 Å². The highest BCUT2D eigenvalue weighted by Crippen LogP contribution is 2.17. The maximum atomic E-state index is 10.7. The molecule has 2 rings (SSSR count). The minimum Gasteiger partial charge on any atom is -0.314 e. The molecule has 1 radical (unpaired) electrons. The van der Waals surface area contributed by atoms with Crippen LogP contribution in [-0.2, 0) is 5.11 Å². The molecule has 0 amide bonds. The van der Waals surface area contributed by atoms with Crippen LogP contribution in [0.3, 0.4) is 0 Å². The van der Waals surface area contributed by atoms with E-state index < -0.39 is 0 Å². The van der Waals surface area contributed by atoms with Gasteiger partial charge in [-0.05, 0) is 64.2 Å². The molecule has 0 saturated carbocycles. The summed E-state index contributed by atoms with van der Waals surface area (Å²) in [7, 11) is 0. The Labute approximate surface area is 92.8 Å². The van der Waals surface area contributed by atoms with E-state index in [0.717, 1.165) is 32.0 Å². The van der Waals surface area contributed by atoms with Gasteiger partial charge >= 0.3 is 0 Å². The van der Waals surface area contributed by atoms with Gasteiger partial charge < -0.3 is 10.2 Å². The van der Waals surface area contributed by atoms with E-state index in [9.17, 15) is 5.11 Å². The molecule has 1 atom stereocenters. The first-order valence-electron chi connectivity index (χ1n) is 6.42. The normalized spacial score (nSPS) is 29.8. The zero-order chi connectivity index (χ0) is 10.5. The van der Waals surface area contributed by atoms with Crippen LogP contribution in [0.15, 0.2) is 0 Å². The van der Waals surface area contributed by atoms with Crippen molar-refractivity contribution in [1.29, 1.82) is 0 Å². The lowest BCUT2D eigenvalue weighted by Crippen LogP contribution is -2.37. The van der Waals surface area contributed by atoms with Crippen molar-refractivity contribution < 1.29 is 5.11 Å². The van der Waals surface area contributed by atoms with Crippen molar-refractivity contribution in [3.8, 4) is 0 Å². The molecule has 2 aliphatic heterocycles.